The van der Waals surface area contributed by atoms with Crippen LogP contribution < -0.4 is 15.4 Å². The first-order chi connectivity index (χ1) is 12.0. The molecule has 0 aliphatic carbocycles. The molecule has 8 heteroatoms. The first-order valence-electron chi connectivity index (χ1n) is 7.92. The van der Waals surface area contributed by atoms with Gasteiger partial charge in [-0.2, -0.15) is 5.10 Å². The topological polar surface area (TPSA) is 85.2 Å². The summed E-state index contributed by atoms with van der Waals surface area (Å²) in [5, 5.41) is 9.80. The molecule has 7 nitrogen and oxygen atoms in total. The smallest absolute Gasteiger partial charge is 0.254 e. The van der Waals surface area contributed by atoms with Gasteiger partial charge < -0.3 is 15.4 Å². The molecular formula is C17H19FN4O3. The largest absolute Gasteiger partial charge is 0.494 e. The van der Waals surface area contributed by atoms with E-state index in [1.54, 1.807) is 30.1 Å². The number of hydrogen-bond acceptors (Lipinski definition) is 4. The number of aryl methyl sites for hydroxylation is 1. The van der Waals surface area contributed by atoms with E-state index in [9.17, 15) is 14.0 Å². The molecule has 1 aromatic carbocycles. The Kier molecular flexibility index (Phi) is 4.69. The predicted octanol–water partition coefficient (Wildman–Crippen LogP) is 1.32. The minimum Gasteiger partial charge on any atom is -0.494 e. The molecule has 1 aliphatic heterocycles. The SMILES string of the molecule is COc1cccc(C(=O)N[C@@H]2CCC(=O)N[C@H]2c2ccnn2C)c1F. The molecule has 0 unspecified atom stereocenters. The van der Waals surface area contributed by atoms with E-state index in [4.69, 9.17) is 4.74 Å². The van der Waals surface area contributed by atoms with Crippen LogP contribution in [0.5, 0.6) is 5.75 Å². The molecule has 1 fully saturated rings. The number of carbonyl (C=O) groups excluding carboxylic acids is 2. The third-order valence-electron chi connectivity index (χ3n) is 4.32. The fraction of sp³-hybridized carbons (Fsp3) is 0.353. The summed E-state index contributed by atoms with van der Waals surface area (Å²) in [6.07, 6.45) is 2.37. The van der Waals surface area contributed by atoms with Gasteiger partial charge in [-0.05, 0) is 24.6 Å². The minimum absolute atomic E-state index is 0.00721. The Morgan fingerprint density at radius 3 is 2.92 bits per heavy atom. The molecule has 0 spiro atoms. The Labute approximate surface area is 144 Å². The van der Waals surface area contributed by atoms with Crippen molar-refractivity contribution in [1.29, 1.82) is 0 Å². The number of nitrogens with one attached hydrogen (secondary N) is 2. The molecule has 0 bridgehead atoms. The molecule has 0 saturated carbocycles. The van der Waals surface area contributed by atoms with Crippen molar-refractivity contribution in [3.05, 3.63) is 47.5 Å². The average Bonchev–Trinajstić information content (AvgIpc) is 3.02. The van der Waals surface area contributed by atoms with E-state index >= 15 is 0 Å². The number of rotatable bonds is 4. The first-order valence-corrected chi connectivity index (χ1v) is 7.92. The lowest BCUT2D eigenvalue weighted by Crippen LogP contribution is -2.50. The molecule has 1 saturated heterocycles. The Bertz CT molecular complexity index is 805. The highest BCUT2D eigenvalue weighted by atomic mass is 19.1. The van der Waals surface area contributed by atoms with Crippen LogP contribution in [0, 0.1) is 5.82 Å². The molecule has 0 radical (unpaired) electrons. The summed E-state index contributed by atoms with van der Waals surface area (Å²) in [6, 6.07) is 5.39. The van der Waals surface area contributed by atoms with Gasteiger partial charge in [-0.3, -0.25) is 14.3 Å². The maximum atomic E-state index is 14.3. The summed E-state index contributed by atoms with van der Waals surface area (Å²) in [5.74, 6) is -1.35. The van der Waals surface area contributed by atoms with Crippen LogP contribution in [0.3, 0.4) is 0 Å². The van der Waals surface area contributed by atoms with Gasteiger partial charge in [0.25, 0.3) is 5.91 Å². The fourth-order valence-electron chi connectivity index (χ4n) is 3.01. The molecule has 132 valence electrons. The second-order valence-electron chi connectivity index (χ2n) is 5.87. The number of ether oxygens (including phenoxy) is 1. The normalized spacial score (nSPS) is 20.0. The van der Waals surface area contributed by atoms with E-state index in [2.05, 4.69) is 15.7 Å². The number of halogens is 1. The van der Waals surface area contributed by atoms with Crippen LogP contribution in [0.25, 0.3) is 0 Å². The van der Waals surface area contributed by atoms with Crippen molar-refractivity contribution < 1.29 is 18.7 Å². The number of carbonyl (C=O) groups is 2. The van der Waals surface area contributed by atoms with Crippen LogP contribution in [0.15, 0.2) is 30.5 Å². The number of amides is 2. The Balaban J connectivity index is 1.84. The number of hydrogen-bond donors (Lipinski definition) is 2. The van der Waals surface area contributed by atoms with Crippen LogP contribution in [0.1, 0.15) is 34.9 Å². The van der Waals surface area contributed by atoms with Gasteiger partial charge in [-0.25, -0.2) is 4.39 Å². The summed E-state index contributed by atoms with van der Waals surface area (Å²) >= 11 is 0. The molecule has 25 heavy (non-hydrogen) atoms. The average molecular weight is 346 g/mol. The third kappa shape index (κ3) is 3.33. The molecule has 2 heterocycles. The molecule has 2 atom stereocenters. The molecular weight excluding hydrogens is 327 g/mol. The zero-order chi connectivity index (χ0) is 18.0. The maximum Gasteiger partial charge on any atom is 0.254 e. The summed E-state index contributed by atoms with van der Waals surface area (Å²) in [6.45, 7) is 0. The second-order valence-corrected chi connectivity index (χ2v) is 5.87. The standard InChI is InChI=1S/C17H19FN4O3/c1-22-12(8-9-19-22)16-11(6-7-14(23)21-16)20-17(24)10-4-3-5-13(25-2)15(10)18/h3-5,8-9,11,16H,6-7H2,1-2H3,(H,20,24)(H,21,23)/t11-,16-/m1/s1. The monoisotopic (exact) mass is 346 g/mol. The third-order valence-corrected chi connectivity index (χ3v) is 4.32. The van der Waals surface area contributed by atoms with Crippen molar-refractivity contribution in [2.45, 2.75) is 24.9 Å². The molecule has 2 amide bonds. The van der Waals surface area contributed by atoms with E-state index in [1.807, 2.05) is 0 Å². The van der Waals surface area contributed by atoms with E-state index in [1.165, 1.54) is 19.2 Å². The van der Waals surface area contributed by atoms with Gasteiger partial charge in [0.2, 0.25) is 5.91 Å². The van der Waals surface area contributed by atoms with Crippen molar-refractivity contribution in [3.63, 3.8) is 0 Å². The van der Waals surface area contributed by atoms with E-state index in [0.29, 0.717) is 12.8 Å². The van der Waals surface area contributed by atoms with Crippen LogP contribution in [0.4, 0.5) is 4.39 Å². The molecule has 1 aliphatic rings. The van der Waals surface area contributed by atoms with E-state index < -0.39 is 17.8 Å². The fourth-order valence-corrected chi connectivity index (χ4v) is 3.01. The van der Waals surface area contributed by atoms with Gasteiger partial charge >= 0.3 is 0 Å². The Morgan fingerprint density at radius 1 is 1.44 bits per heavy atom. The number of piperidine rings is 1. The lowest BCUT2D eigenvalue weighted by atomic mass is 9.94. The number of benzene rings is 1. The minimum atomic E-state index is -0.709. The Hall–Kier alpha value is -2.90. The zero-order valence-electron chi connectivity index (χ0n) is 14.0. The summed E-state index contributed by atoms with van der Waals surface area (Å²) in [5.41, 5.74) is 0.671. The summed E-state index contributed by atoms with van der Waals surface area (Å²) in [4.78, 5) is 24.3. The van der Waals surface area contributed by atoms with Crippen molar-refractivity contribution in [2.24, 2.45) is 7.05 Å². The van der Waals surface area contributed by atoms with Gasteiger partial charge in [0.1, 0.15) is 0 Å². The highest BCUT2D eigenvalue weighted by molar-refractivity contribution is 5.95. The van der Waals surface area contributed by atoms with Gasteiger partial charge in [0.15, 0.2) is 11.6 Å². The van der Waals surface area contributed by atoms with Gasteiger partial charge in [0, 0.05) is 19.7 Å². The molecule has 1 aromatic heterocycles. The van der Waals surface area contributed by atoms with Crippen molar-refractivity contribution in [2.75, 3.05) is 7.11 Å². The number of aromatic nitrogens is 2. The van der Waals surface area contributed by atoms with Crippen LogP contribution in [-0.2, 0) is 11.8 Å². The summed E-state index contributed by atoms with van der Waals surface area (Å²) in [7, 11) is 3.10. The first kappa shape index (κ1) is 16.9. The van der Waals surface area contributed by atoms with Crippen LogP contribution in [0.2, 0.25) is 0 Å². The zero-order valence-corrected chi connectivity index (χ0v) is 14.0. The molecule has 2 aromatic rings. The van der Waals surface area contributed by atoms with E-state index in [-0.39, 0.29) is 23.3 Å². The molecule has 2 N–H and O–H groups in total. The van der Waals surface area contributed by atoms with Crippen molar-refractivity contribution in [1.82, 2.24) is 20.4 Å². The highest BCUT2D eigenvalue weighted by Crippen LogP contribution is 2.25. The van der Waals surface area contributed by atoms with Gasteiger partial charge in [0.05, 0.1) is 30.5 Å². The van der Waals surface area contributed by atoms with Crippen LogP contribution in [-0.4, -0.2) is 34.7 Å². The lowest BCUT2D eigenvalue weighted by Gasteiger charge is -2.33. The van der Waals surface area contributed by atoms with Crippen LogP contribution >= 0.6 is 0 Å². The maximum absolute atomic E-state index is 14.3. The predicted molar refractivity (Wildman–Crippen MR) is 87.5 cm³/mol. The summed E-state index contributed by atoms with van der Waals surface area (Å²) < 4.78 is 20.9. The lowest BCUT2D eigenvalue weighted by molar-refractivity contribution is -0.123. The van der Waals surface area contributed by atoms with Crippen molar-refractivity contribution in [3.8, 4) is 5.75 Å². The number of methoxy groups -OCH3 is 1. The van der Waals surface area contributed by atoms with E-state index in [0.717, 1.165) is 5.69 Å². The van der Waals surface area contributed by atoms with Crippen molar-refractivity contribution >= 4 is 11.8 Å². The van der Waals surface area contributed by atoms with Gasteiger partial charge in [-0.1, -0.05) is 6.07 Å². The Morgan fingerprint density at radius 2 is 2.24 bits per heavy atom. The molecule has 3 rings (SSSR count). The highest BCUT2D eigenvalue weighted by Gasteiger charge is 2.33. The van der Waals surface area contributed by atoms with Gasteiger partial charge in [-0.15, -0.1) is 0 Å². The quantitative estimate of drug-likeness (QED) is 0.874. The second kappa shape index (κ2) is 6.92. The number of nitrogens with zero attached hydrogens (tertiary/aromatic N) is 2.